The summed E-state index contributed by atoms with van der Waals surface area (Å²) in [5, 5.41) is 0. The molecule has 1 aliphatic rings. The van der Waals surface area contributed by atoms with Gasteiger partial charge in [-0.05, 0) is 31.9 Å². The van der Waals surface area contributed by atoms with Crippen molar-refractivity contribution in [3.05, 3.63) is 12.7 Å². The van der Waals surface area contributed by atoms with E-state index >= 15 is 0 Å². The normalized spacial score (nSPS) is 18.7. The summed E-state index contributed by atoms with van der Waals surface area (Å²) in [6.07, 6.45) is 4.90. The average Bonchev–Trinajstić information content (AvgIpc) is 2.74. The van der Waals surface area contributed by atoms with Crippen molar-refractivity contribution in [1.29, 1.82) is 0 Å². The molecule has 0 spiro atoms. The van der Waals surface area contributed by atoms with Gasteiger partial charge in [-0.15, -0.1) is 0 Å². The Hall–Kier alpha value is -0.596. The van der Waals surface area contributed by atoms with Gasteiger partial charge in [0.15, 0.2) is 0 Å². The molecule has 0 N–H and O–H groups in total. The third kappa shape index (κ3) is 7.67. The fourth-order valence-corrected chi connectivity index (χ4v) is 8.18. The fraction of sp³-hybridized carbons (Fsp3) is 0.833. The summed E-state index contributed by atoms with van der Waals surface area (Å²) in [5.74, 6) is -0.384. The van der Waals surface area contributed by atoms with Gasteiger partial charge in [-0.25, -0.2) is 4.79 Å². The van der Waals surface area contributed by atoms with E-state index in [4.69, 9.17) is 31.9 Å². The number of hydrogen-bond donors (Lipinski definition) is 0. The zero-order chi connectivity index (χ0) is 21.6. The van der Waals surface area contributed by atoms with E-state index < -0.39 is 23.3 Å². The van der Waals surface area contributed by atoms with Crippen LogP contribution in [0.25, 0.3) is 0 Å². The molecule has 1 fully saturated rings. The van der Waals surface area contributed by atoms with Gasteiger partial charge in [0.25, 0.3) is 0 Å². The molecular weight excluding hydrogens is 400 g/mol. The number of ether oxygens (including phenoxy) is 3. The van der Waals surface area contributed by atoms with Crippen LogP contribution >= 0.6 is 0 Å². The first-order valence-corrected chi connectivity index (χ1v) is 13.2. The van der Waals surface area contributed by atoms with Crippen molar-refractivity contribution in [2.24, 2.45) is 0 Å². The van der Waals surface area contributed by atoms with Crippen molar-refractivity contribution in [3.63, 3.8) is 0 Å². The number of esters is 1. The van der Waals surface area contributed by atoms with E-state index in [2.05, 4.69) is 6.58 Å². The molecular formula is C18H38O8Si2. The van der Waals surface area contributed by atoms with Gasteiger partial charge < -0.3 is 31.9 Å². The van der Waals surface area contributed by atoms with Crippen LogP contribution in [0.15, 0.2) is 12.7 Å². The van der Waals surface area contributed by atoms with Gasteiger partial charge in [0.1, 0.15) is 0 Å². The molecule has 1 aliphatic heterocycles. The van der Waals surface area contributed by atoms with Gasteiger partial charge in [0.05, 0.1) is 6.10 Å². The largest absolute Gasteiger partial charge is 0.460 e. The Morgan fingerprint density at radius 1 is 1.11 bits per heavy atom. The molecule has 1 saturated heterocycles. The molecule has 0 bridgehead atoms. The van der Waals surface area contributed by atoms with Crippen molar-refractivity contribution in [3.8, 4) is 0 Å². The van der Waals surface area contributed by atoms with Gasteiger partial charge in [0, 0.05) is 55.2 Å². The molecule has 10 heteroatoms. The second-order valence-electron chi connectivity index (χ2n) is 6.46. The van der Waals surface area contributed by atoms with Crippen LogP contribution in [0, 0.1) is 0 Å². The quantitative estimate of drug-likeness (QED) is 0.211. The summed E-state index contributed by atoms with van der Waals surface area (Å²) in [4.78, 5) is 10.8. The van der Waals surface area contributed by atoms with Gasteiger partial charge in [0.2, 0.25) is 5.41 Å². The third-order valence-electron chi connectivity index (χ3n) is 4.98. The molecule has 0 radical (unpaired) electrons. The van der Waals surface area contributed by atoms with Crippen LogP contribution in [0.1, 0.15) is 32.6 Å². The number of rotatable bonds is 11. The molecule has 1 unspecified atom stereocenters. The smallest absolute Gasteiger partial charge is 0.399 e. The van der Waals surface area contributed by atoms with Crippen molar-refractivity contribution in [2.45, 2.75) is 56.2 Å². The van der Waals surface area contributed by atoms with Crippen LogP contribution < -0.4 is 0 Å². The Kier molecular flexibility index (Phi) is 14.1. The zero-order valence-corrected chi connectivity index (χ0v) is 20.6. The molecule has 0 saturated carbocycles. The first kappa shape index (κ1) is 27.4. The molecule has 1 heterocycles. The lowest BCUT2D eigenvalue weighted by molar-refractivity contribution is -0.183. The molecule has 28 heavy (non-hydrogen) atoms. The maximum absolute atomic E-state index is 10.8. The Balaban J connectivity index is 0.000000521. The van der Waals surface area contributed by atoms with Crippen molar-refractivity contribution < 1.29 is 36.7 Å². The molecule has 0 aromatic rings. The first-order chi connectivity index (χ1) is 13.3. The van der Waals surface area contributed by atoms with Crippen molar-refractivity contribution >= 4 is 23.8 Å². The highest BCUT2D eigenvalue weighted by molar-refractivity contribution is 6.70. The van der Waals surface area contributed by atoms with Crippen molar-refractivity contribution in [1.82, 2.24) is 0 Å². The molecule has 1 rings (SSSR count). The molecule has 0 aromatic heterocycles. The van der Waals surface area contributed by atoms with Crippen molar-refractivity contribution in [2.75, 3.05) is 42.7 Å². The minimum absolute atomic E-state index is 0.110. The minimum Gasteiger partial charge on any atom is -0.460 e. The number of methoxy groups -OCH3 is 2. The predicted octanol–water partition coefficient (Wildman–Crippen LogP) is 2.44. The minimum atomic E-state index is -2.35. The van der Waals surface area contributed by atoms with E-state index in [0.717, 1.165) is 43.8 Å². The zero-order valence-electron chi connectivity index (χ0n) is 18.4. The Morgan fingerprint density at radius 3 is 2.07 bits per heavy atom. The van der Waals surface area contributed by atoms with Gasteiger partial charge in [-0.3, -0.25) is 0 Å². The standard InChI is InChI=1S/C9H20O4Si.C9H18O4Si/c1-10-9(11-2)7-5-6-8-14(9,12-3)13-4;1-5-9(10)13-8(2)6-7-14(11-3)12-4/h5-8H2,1-4H3;5,8,14H,1,6-7H2,2-4H3. The van der Waals surface area contributed by atoms with Crippen LogP contribution in [0.2, 0.25) is 12.1 Å². The second-order valence-corrected chi connectivity index (χ2v) is 12.4. The van der Waals surface area contributed by atoms with Gasteiger partial charge >= 0.3 is 23.8 Å². The maximum atomic E-state index is 10.8. The van der Waals surface area contributed by atoms with Gasteiger partial charge in [-0.2, -0.15) is 0 Å². The highest BCUT2D eigenvalue weighted by Crippen LogP contribution is 2.40. The third-order valence-corrected chi connectivity index (χ3v) is 11.0. The molecule has 166 valence electrons. The average molecular weight is 439 g/mol. The summed E-state index contributed by atoms with van der Waals surface area (Å²) in [6, 6.07) is 1.76. The van der Waals surface area contributed by atoms with E-state index in [0.29, 0.717) is 0 Å². The number of carbonyl (C=O) groups excluding carboxylic acids is 1. The van der Waals surface area contributed by atoms with Gasteiger partial charge in [-0.1, -0.05) is 13.0 Å². The SMILES string of the molecule is C=CC(=O)OC(C)CC[SiH](OC)OC.COC1(OC)CCCC[Si]1(OC)OC. The van der Waals surface area contributed by atoms with Crippen LogP contribution in [-0.4, -0.2) is 78.0 Å². The summed E-state index contributed by atoms with van der Waals surface area (Å²) in [5.41, 5.74) is -0.630. The Morgan fingerprint density at radius 2 is 1.68 bits per heavy atom. The lowest BCUT2D eigenvalue weighted by Crippen LogP contribution is -2.65. The molecule has 0 aromatic carbocycles. The van der Waals surface area contributed by atoms with E-state index in [9.17, 15) is 4.79 Å². The highest BCUT2D eigenvalue weighted by atomic mass is 28.4. The molecule has 0 amide bonds. The van der Waals surface area contributed by atoms with E-state index in [-0.39, 0.29) is 12.1 Å². The van der Waals surface area contributed by atoms with Crippen LogP contribution in [0.4, 0.5) is 0 Å². The summed E-state index contributed by atoms with van der Waals surface area (Å²) < 4.78 is 37.5. The number of hydrogen-bond acceptors (Lipinski definition) is 8. The second kappa shape index (κ2) is 14.4. The van der Waals surface area contributed by atoms with Crippen LogP contribution in [0.3, 0.4) is 0 Å². The van der Waals surface area contributed by atoms with E-state index in [1.807, 2.05) is 6.92 Å². The highest BCUT2D eigenvalue weighted by Gasteiger charge is 2.60. The first-order valence-electron chi connectivity index (χ1n) is 9.43. The molecule has 0 aliphatic carbocycles. The van der Waals surface area contributed by atoms with Crippen LogP contribution in [0.5, 0.6) is 0 Å². The lowest BCUT2D eigenvalue weighted by atomic mass is 10.2. The monoisotopic (exact) mass is 438 g/mol. The maximum Gasteiger partial charge on any atom is 0.399 e. The lowest BCUT2D eigenvalue weighted by Gasteiger charge is -2.46. The predicted molar refractivity (Wildman–Crippen MR) is 112 cm³/mol. The Bertz CT molecular complexity index is 417. The Labute approximate surface area is 172 Å². The van der Waals surface area contributed by atoms with E-state index in [1.54, 1.807) is 42.7 Å². The number of carbonyl (C=O) groups is 1. The fourth-order valence-electron chi connectivity index (χ4n) is 3.30. The van der Waals surface area contributed by atoms with E-state index in [1.165, 1.54) is 0 Å². The summed E-state index contributed by atoms with van der Waals surface area (Å²) >= 11 is 0. The molecule has 1 atom stereocenters. The summed E-state index contributed by atoms with van der Waals surface area (Å²) in [7, 11) is 6.10. The topological polar surface area (TPSA) is 81.7 Å². The molecule has 8 nitrogen and oxygen atoms in total. The summed E-state index contributed by atoms with van der Waals surface area (Å²) in [6.45, 7) is 5.17. The van der Waals surface area contributed by atoms with Crippen LogP contribution in [-0.2, 0) is 36.7 Å².